The van der Waals surface area contributed by atoms with Gasteiger partial charge in [-0.25, -0.2) is 8.42 Å². The zero-order chi connectivity index (χ0) is 16.1. The van der Waals surface area contributed by atoms with Gasteiger partial charge in [0.15, 0.2) is 0 Å². The van der Waals surface area contributed by atoms with Crippen molar-refractivity contribution in [3.8, 4) is 0 Å². The van der Waals surface area contributed by atoms with Gasteiger partial charge in [0.05, 0.1) is 18.0 Å². The van der Waals surface area contributed by atoms with Crippen LogP contribution in [0, 0.1) is 0 Å². The number of halogens is 1. The van der Waals surface area contributed by atoms with Crippen LogP contribution in [0.3, 0.4) is 0 Å². The molecule has 0 spiro atoms. The SMILES string of the molecule is CC1(C)CN(c2cc(Cl)cc3[nH]ncc23)CCN1S(C)(=O)=O. The van der Waals surface area contributed by atoms with Crippen molar-refractivity contribution >= 4 is 38.2 Å². The number of rotatable bonds is 2. The molecule has 120 valence electrons. The topological polar surface area (TPSA) is 69.3 Å². The molecule has 1 aliphatic rings. The second-order valence-electron chi connectivity index (χ2n) is 6.33. The number of nitrogens with one attached hydrogen (secondary N) is 1. The van der Waals surface area contributed by atoms with Crippen LogP contribution in [0.4, 0.5) is 5.69 Å². The van der Waals surface area contributed by atoms with Gasteiger partial charge in [-0.15, -0.1) is 0 Å². The second-order valence-corrected chi connectivity index (χ2v) is 8.67. The van der Waals surface area contributed by atoms with Gasteiger partial charge < -0.3 is 4.90 Å². The summed E-state index contributed by atoms with van der Waals surface area (Å²) >= 11 is 6.19. The van der Waals surface area contributed by atoms with Crippen LogP contribution in [-0.4, -0.2) is 54.3 Å². The van der Waals surface area contributed by atoms with Gasteiger partial charge >= 0.3 is 0 Å². The quantitative estimate of drug-likeness (QED) is 0.907. The van der Waals surface area contributed by atoms with Crippen LogP contribution in [0.5, 0.6) is 0 Å². The van der Waals surface area contributed by atoms with Crippen molar-refractivity contribution in [3.63, 3.8) is 0 Å². The van der Waals surface area contributed by atoms with Gasteiger partial charge in [0.2, 0.25) is 10.0 Å². The maximum Gasteiger partial charge on any atom is 0.211 e. The molecule has 22 heavy (non-hydrogen) atoms. The fourth-order valence-electron chi connectivity index (χ4n) is 3.22. The van der Waals surface area contributed by atoms with E-state index in [0.29, 0.717) is 24.7 Å². The van der Waals surface area contributed by atoms with Gasteiger partial charge in [-0.3, -0.25) is 5.10 Å². The number of sulfonamides is 1. The minimum atomic E-state index is -3.22. The summed E-state index contributed by atoms with van der Waals surface area (Å²) in [6.07, 6.45) is 3.04. The van der Waals surface area contributed by atoms with Gasteiger partial charge in [-0.1, -0.05) is 11.6 Å². The van der Waals surface area contributed by atoms with E-state index in [2.05, 4.69) is 15.1 Å². The van der Waals surface area contributed by atoms with Crippen molar-refractivity contribution in [2.24, 2.45) is 0 Å². The van der Waals surface area contributed by atoms with Gasteiger partial charge in [-0.2, -0.15) is 9.40 Å². The smallest absolute Gasteiger partial charge is 0.211 e. The number of H-pyrrole nitrogens is 1. The fraction of sp³-hybridized carbons (Fsp3) is 0.500. The van der Waals surface area contributed by atoms with Crippen LogP contribution in [-0.2, 0) is 10.0 Å². The van der Waals surface area contributed by atoms with E-state index in [-0.39, 0.29) is 0 Å². The van der Waals surface area contributed by atoms with E-state index in [1.54, 1.807) is 10.5 Å². The van der Waals surface area contributed by atoms with Gasteiger partial charge in [0, 0.05) is 41.3 Å². The molecule has 1 saturated heterocycles. The first-order valence-electron chi connectivity index (χ1n) is 7.04. The summed E-state index contributed by atoms with van der Waals surface area (Å²) in [5.74, 6) is 0. The largest absolute Gasteiger partial charge is 0.368 e. The molecule has 0 unspecified atom stereocenters. The molecule has 0 aliphatic carbocycles. The highest BCUT2D eigenvalue weighted by Crippen LogP contribution is 2.33. The number of fused-ring (bicyclic) bond motifs is 1. The van der Waals surface area contributed by atoms with Crippen molar-refractivity contribution in [2.75, 3.05) is 30.8 Å². The zero-order valence-electron chi connectivity index (χ0n) is 12.8. The molecule has 2 aromatic rings. The Morgan fingerprint density at radius 1 is 1.32 bits per heavy atom. The summed E-state index contributed by atoms with van der Waals surface area (Å²) in [5, 5.41) is 8.63. The molecule has 0 amide bonds. The molecular weight excluding hydrogens is 324 g/mol. The Morgan fingerprint density at radius 3 is 2.68 bits per heavy atom. The highest BCUT2D eigenvalue weighted by Gasteiger charge is 2.39. The number of aromatic nitrogens is 2. The van der Waals surface area contributed by atoms with Crippen LogP contribution in [0.25, 0.3) is 10.9 Å². The monoisotopic (exact) mass is 342 g/mol. The minimum absolute atomic E-state index is 0.456. The van der Waals surface area contributed by atoms with E-state index in [9.17, 15) is 8.42 Å². The molecule has 2 heterocycles. The third kappa shape index (κ3) is 2.68. The molecule has 6 nitrogen and oxygen atoms in total. The minimum Gasteiger partial charge on any atom is -0.368 e. The first-order chi connectivity index (χ1) is 10.2. The van der Waals surface area contributed by atoms with Gasteiger partial charge in [-0.05, 0) is 26.0 Å². The molecule has 1 aromatic carbocycles. The number of nitrogens with zero attached hydrogens (tertiary/aromatic N) is 3. The summed E-state index contributed by atoms with van der Waals surface area (Å²) in [6.45, 7) is 5.56. The summed E-state index contributed by atoms with van der Waals surface area (Å²) in [7, 11) is -3.22. The average Bonchev–Trinajstić information content (AvgIpc) is 2.82. The Bertz CT molecular complexity index is 815. The number of anilines is 1. The van der Waals surface area contributed by atoms with Gasteiger partial charge in [0.1, 0.15) is 0 Å². The standard InChI is InChI=1S/C14H19ClN4O2S/c1-14(2)9-18(4-5-19(14)22(3,20)21)13-7-10(15)6-12-11(13)8-16-17-12/h6-8H,4-5,9H2,1-3H3,(H,16,17). The predicted molar refractivity (Wildman–Crippen MR) is 88.9 cm³/mol. The van der Waals surface area contributed by atoms with Crippen molar-refractivity contribution in [1.82, 2.24) is 14.5 Å². The normalized spacial score (nSPS) is 19.7. The Morgan fingerprint density at radius 2 is 2.05 bits per heavy atom. The molecule has 0 radical (unpaired) electrons. The van der Waals surface area contributed by atoms with Crippen molar-refractivity contribution in [1.29, 1.82) is 0 Å². The van der Waals surface area contributed by atoms with Crippen LogP contribution < -0.4 is 4.90 Å². The Kier molecular flexibility index (Phi) is 3.62. The van der Waals surface area contributed by atoms with E-state index in [4.69, 9.17) is 11.6 Å². The second kappa shape index (κ2) is 5.11. The highest BCUT2D eigenvalue weighted by atomic mass is 35.5. The third-order valence-electron chi connectivity index (χ3n) is 4.07. The molecule has 0 bridgehead atoms. The van der Waals surface area contributed by atoms with E-state index in [0.717, 1.165) is 16.6 Å². The summed E-state index contributed by atoms with van der Waals surface area (Å²) in [4.78, 5) is 2.17. The maximum atomic E-state index is 11.9. The number of piperazine rings is 1. The maximum absolute atomic E-state index is 11.9. The van der Waals surface area contributed by atoms with Crippen LogP contribution >= 0.6 is 11.6 Å². The molecule has 0 atom stereocenters. The molecule has 1 aromatic heterocycles. The molecular formula is C14H19ClN4O2S. The number of aromatic amines is 1. The van der Waals surface area contributed by atoms with Crippen molar-refractivity contribution in [3.05, 3.63) is 23.4 Å². The van der Waals surface area contributed by atoms with Crippen LogP contribution in [0.1, 0.15) is 13.8 Å². The molecule has 1 fully saturated rings. The molecule has 1 aliphatic heterocycles. The van der Waals surface area contributed by atoms with Crippen molar-refractivity contribution < 1.29 is 8.42 Å². The van der Waals surface area contributed by atoms with E-state index in [1.807, 2.05) is 26.0 Å². The first kappa shape index (κ1) is 15.6. The lowest BCUT2D eigenvalue weighted by Crippen LogP contribution is -2.60. The highest BCUT2D eigenvalue weighted by molar-refractivity contribution is 7.88. The molecule has 8 heteroatoms. The predicted octanol–water partition coefficient (Wildman–Crippen LogP) is 2.08. The molecule has 1 N–H and O–H groups in total. The molecule has 3 rings (SSSR count). The first-order valence-corrected chi connectivity index (χ1v) is 9.26. The lowest BCUT2D eigenvalue weighted by Gasteiger charge is -2.46. The number of benzene rings is 1. The molecule has 0 saturated carbocycles. The fourth-order valence-corrected chi connectivity index (χ4v) is 4.80. The average molecular weight is 343 g/mol. The summed E-state index contributed by atoms with van der Waals surface area (Å²) < 4.78 is 25.4. The van der Waals surface area contributed by atoms with Gasteiger partial charge in [0.25, 0.3) is 0 Å². The number of hydrogen-bond acceptors (Lipinski definition) is 4. The Hall–Kier alpha value is -1.31. The third-order valence-corrected chi connectivity index (χ3v) is 5.76. The lowest BCUT2D eigenvalue weighted by molar-refractivity contribution is 0.206. The van der Waals surface area contributed by atoms with E-state index < -0.39 is 15.6 Å². The van der Waals surface area contributed by atoms with Crippen LogP contribution in [0.15, 0.2) is 18.3 Å². The lowest BCUT2D eigenvalue weighted by atomic mass is 10.0. The van der Waals surface area contributed by atoms with E-state index in [1.165, 1.54) is 6.26 Å². The zero-order valence-corrected chi connectivity index (χ0v) is 14.4. The van der Waals surface area contributed by atoms with E-state index >= 15 is 0 Å². The summed E-state index contributed by atoms with van der Waals surface area (Å²) in [6, 6.07) is 3.75. The van der Waals surface area contributed by atoms with Crippen molar-refractivity contribution in [2.45, 2.75) is 19.4 Å². The Labute approximate surface area is 135 Å². The van der Waals surface area contributed by atoms with Crippen LogP contribution in [0.2, 0.25) is 5.02 Å². The number of hydrogen-bond donors (Lipinski definition) is 1. The summed E-state index contributed by atoms with van der Waals surface area (Å²) in [5.41, 5.74) is 1.38. The Balaban J connectivity index is 1.99.